The maximum Gasteiger partial charge on any atom is 0.271 e. The van der Waals surface area contributed by atoms with Crippen molar-refractivity contribution in [3.8, 4) is 28.4 Å². The number of nitrogens with zero attached hydrogens (tertiary/aromatic N) is 5. The van der Waals surface area contributed by atoms with Crippen LogP contribution in [0.15, 0.2) is 48.8 Å². The minimum atomic E-state index is -0.876. The summed E-state index contributed by atoms with van der Waals surface area (Å²) < 4.78 is 33.4. The Hall–Kier alpha value is -5.00. The molecule has 4 N–H and O–H groups in total. The van der Waals surface area contributed by atoms with E-state index in [-0.39, 0.29) is 34.5 Å². The number of anilines is 2. The number of halogens is 2. The van der Waals surface area contributed by atoms with Crippen LogP contribution in [0.4, 0.5) is 20.4 Å². The number of ether oxygens (including phenoxy) is 1. The zero-order valence-corrected chi connectivity index (χ0v) is 19.0. The molecule has 0 bridgehead atoms. The van der Waals surface area contributed by atoms with Gasteiger partial charge in [0.15, 0.2) is 28.9 Å². The van der Waals surface area contributed by atoms with Crippen LogP contribution in [-0.2, 0) is 0 Å². The number of hydrogen-bond donors (Lipinski definition) is 3. The summed E-state index contributed by atoms with van der Waals surface area (Å²) >= 11 is 0. The van der Waals surface area contributed by atoms with E-state index < -0.39 is 17.7 Å². The zero-order valence-electron chi connectivity index (χ0n) is 19.0. The highest BCUT2D eigenvalue weighted by molar-refractivity contribution is 6.01. The summed E-state index contributed by atoms with van der Waals surface area (Å²) in [6, 6.07) is 8.79. The second-order valence-electron chi connectivity index (χ2n) is 7.72. The molecule has 0 spiro atoms. The van der Waals surface area contributed by atoms with Crippen LogP contribution in [0.3, 0.4) is 0 Å². The molecular weight excluding hydrogens is 470 g/mol. The summed E-state index contributed by atoms with van der Waals surface area (Å²) in [5, 5.41) is 10.4. The van der Waals surface area contributed by atoms with Crippen LogP contribution < -0.4 is 15.8 Å². The first-order valence-electron chi connectivity index (χ1n) is 10.6. The van der Waals surface area contributed by atoms with E-state index in [1.165, 1.54) is 13.3 Å². The maximum absolute atomic E-state index is 14.3. The fourth-order valence-corrected chi connectivity index (χ4v) is 3.85. The number of pyridine rings is 2. The van der Waals surface area contributed by atoms with Crippen molar-refractivity contribution < 1.29 is 18.3 Å². The Morgan fingerprint density at radius 2 is 1.92 bits per heavy atom. The number of rotatable bonds is 6. The van der Waals surface area contributed by atoms with Gasteiger partial charge in [0.2, 0.25) is 5.95 Å². The van der Waals surface area contributed by atoms with Gasteiger partial charge >= 0.3 is 0 Å². The molecule has 10 nitrogen and oxygen atoms in total. The first kappa shape index (κ1) is 22.8. The molecule has 1 amide bonds. The van der Waals surface area contributed by atoms with Crippen molar-refractivity contribution in [1.29, 1.82) is 0 Å². The van der Waals surface area contributed by atoms with Gasteiger partial charge in [-0.1, -0.05) is 6.07 Å². The third kappa shape index (κ3) is 3.94. The van der Waals surface area contributed by atoms with E-state index in [1.807, 2.05) is 19.1 Å². The highest BCUT2D eigenvalue weighted by atomic mass is 19.1. The van der Waals surface area contributed by atoms with E-state index in [0.717, 1.165) is 28.6 Å². The lowest BCUT2D eigenvalue weighted by Crippen LogP contribution is -2.17. The second kappa shape index (κ2) is 8.98. The largest absolute Gasteiger partial charge is 0.492 e. The average Bonchev–Trinajstić information content (AvgIpc) is 3.34. The lowest BCUT2D eigenvalue weighted by Gasteiger charge is -2.16. The molecule has 0 saturated heterocycles. The molecular formula is C24H18F2N8O2. The number of aromatic nitrogens is 6. The van der Waals surface area contributed by atoms with E-state index in [0.29, 0.717) is 11.3 Å². The molecule has 0 atom stereocenters. The number of nitrogens with two attached hydrogens (primary N) is 1. The summed E-state index contributed by atoms with van der Waals surface area (Å²) in [6.45, 7) is 1.88. The molecule has 4 heterocycles. The fraction of sp³-hybridized carbons (Fsp3) is 0.0833. The summed E-state index contributed by atoms with van der Waals surface area (Å²) in [4.78, 5) is 29.2. The van der Waals surface area contributed by atoms with Crippen molar-refractivity contribution in [1.82, 2.24) is 30.1 Å². The van der Waals surface area contributed by atoms with Crippen LogP contribution >= 0.6 is 0 Å². The van der Waals surface area contributed by atoms with Crippen molar-refractivity contribution in [3.63, 3.8) is 0 Å². The maximum atomic E-state index is 14.3. The lowest BCUT2D eigenvalue weighted by atomic mass is 9.99. The predicted molar refractivity (Wildman–Crippen MR) is 128 cm³/mol. The predicted octanol–water partition coefficient (Wildman–Crippen LogP) is 3.91. The number of primary amides is 1. The second-order valence-corrected chi connectivity index (χ2v) is 7.72. The van der Waals surface area contributed by atoms with Gasteiger partial charge in [0.25, 0.3) is 5.91 Å². The Bertz CT molecular complexity index is 1640. The number of benzene rings is 1. The molecule has 1 aromatic carbocycles. The van der Waals surface area contributed by atoms with Crippen molar-refractivity contribution >= 4 is 28.4 Å². The van der Waals surface area contributed by atoms with Crippen molar-refractivity contribution in [2.75, 3.05) is 12.4 Å². The number of aromatic amines is 1. The van der Waals surface area contributed by atoms with Crippen LogP contribution in [0.5, 0.6) is 5.75 Å². The van der Waals surface area contributed by atoms with E-state index >= 15 is 0 Å². The van der Waals surface area contributed by atoms with Gasteiger partial charge < -0.3 is 15.8 Å². The molecule has 0 fully saturated rings. The topological polar surface area (TPSA) is 145 Å². The van der Waals surface area contributed by atoms with Gasteiger partial charge in [0, 0.05) is 17.1 Å². The quantitative estimate of drug-likeness (QED) is 0.305. The molecule has 0 aliphatic carbocycles. The van der Waals surface area contributed by atoms with Crippen LogP contribution in [0.2, 0.25) is 0 Å². The number of methoxy groups -OCH3 is 1. The number of amides is 1. The summed E-state index contributed by atoms with van der Waals surface area (Å²) in [5.74, 6) is -2.67. The average molecular weight is 488 g/mol. The third-order valence-electron chi connectivity index (χ3n) is 5.47. The Balaban J connectivity index is 1.76. The van der Waals surface area contributed by atoms with Gasteiger partial charge in [-0.3, -0.25) is 9.89 Å². The molecule has 0 aliphatic heterocycles. The first-order chi connectivity index (χ1) is 17.4. The van der Waals surface area contributed by atoms with Crippen LogP contribution in [0, 0.1) is 18.7 Å². The Morgan fingerprint density at radius 1 is 1.08 bits per heavy atom. The Labute approximate surface area is 202 Å². The monoisotopic (exact) mass is 488 g/mol. The Kier molecular flexibility index (Phi) is 5.68. The molecule has 180 valence electrons. The normalized spacial score (nSPS) is 11.0. The summed E-state index contributed by atoms with van der Waals surface area (Å²) in [5.41, 5.74) is 8.30. The fourth-order valence-electron chi connectivity index (χ4n) is 3.85. The standard InChI is InChI=1S/C24H18F2N8O2/c1-11-5-7-15-13(10-29-34-15)17(11)18-20(36-2)19(21(27)35)32-23(31-18)12-4-3-9-28-22(12)33-24-14(25)6-8-16(26)30-24/h3-10H,1-2H3,(H2,27,35)(H,29,34)(H,28,30,33). The van der Waals surface area contributed by atoms with Crippen LogP contribution in [0.25, 0.3) is 33.5 Å². The number of carbonyl (C=O) groups excluding carboxylic acids is 1. The Morgan fingerprint density at radius 3 is 2.69 bits per heavy atom. The number of hydrogen-bond acceptors (Lipinski definition) is 8. The molecule has 0 saturated carbocycles. The lowest BCUT2D eigenvalue weighted by molar-refractivity contribution is 0.0992. The molecule has 5 rings (SSSR count). The number of aryl methyl sites for hydroxylation is 1. The van der Waals surface area contributed by atoms with Crippen molar-refractivity contribution in [2.45, 2.75) is 6.92 Å². The number of H-pyrrole nitrogens is 1. The van der Waals surface area contributed by atoms with Crippen molar-refractivity contribution in [2.24, 2.45) is 5.73 Å². The highest BCUT2D eigenvalue weighted by Gasteiger charge is 2.25. The number of fused-ring (bicyclic) bond motifs is 1. The molecule has 36 heavy (non-hydrogen) atoms. The SMILES string of the molecule is COc1c(C(N)=O)nc(-c2cccnc2Nc2nc(F)ccc2F)nc1-c1c(C)ccc2[nH]ncc12. The van der Waals surface area contributed by atoms with E-state index in [9.17, 15) is 13.6 Å². The van der Waals surface area contributed by atoms with Crippen molar-refractivity contribution in [3.05, 3.63) is 71.8 Å². The molecule has 4 aromatic heterocycles. The molecule has 0 unspecified atom stereocenters. The van der Waals surface area contributed by atoms with Gasteiger partial charge in [0.1, 0.15) is 11.5 Å². The zero-order chi connectivity index (χ0) is 25.4. The smallest absolute Gasteiger partial charge is 0.271 e. The van der Waals surface area contributed by atoms with Gasteiger partial charge in [0.05, 0.1) is 24.4 Å². The highest BCUT2D eigenvalue weighted by Crippen LogP contribution is 2.39. The summed E-state index contributed by atoms with van der Waals surface area (Å²) in [6.07, 6.45) is 3.08. The number of nitrogens with one attached hydrogen (secondary N) is 2. The summed E-state index contributed by atoms with van der Waals surface area (Å²) in [7, 11) is 1.38. The van der Waals surface area contributed by atoms with Crippen LogP contribution in [-0.4, -0.2) is 43.2 Å². The van der Waals surface area contributed by atoms with E-state index in [2.05, 4.69) is 30.5 Å². The van der Waals surface area contributed by atoms with Crippen LogP contribution in [0.1, 0.15) is 16.1 Å². The minimum absolute atomic E-state index is 0.0481. The number of carbonyl (C=O) groups is 1. The molecule has 0 radical (unpaired) electrons. The first-order valence-corrected chi connectivity index (χ1v) is 10.6. The van der Waals surface area contributed by atoms with Gasteiger partial charge in [-0.2, -0.15) is 14.5 Å². The van der Waals surface area contributed by atoms with E-state index in [4.69, 9.17) is 15.5 Å². The molecule has 0 aliphatic rings. The third-order valence-corrected chi connectivity index (χ3v) is 5.47. The van der Waals surface area contributed by atoms with Gasteiger partial charge in [-0.25, -0.2) is 19.3 Å². The van der Waals surface area contributed by atoms with Gasteiger partial charge in [-0.05, 0) is 42.8 Å². The minimum Gasteiger partial charge on any atom is -0.492 e. The van der Waals surface area contributed by atoms with Gasteiger partial charge in [-0.15, -0.1) is 0 Å². The van der Waals surface area contributed by atoms with E-state index in [1.54, 1.807) is 18.3 Å². The molecule has 12 heteroatoms. The molecule has 5 aromatic rings.